The summed E-state index contributed by atoms with van der Waals surface area (Å²) in [7, 11) is 0. The van der Waals surface area contributed by atoms with E-state index in [0.717, 1.165) is 12.3 Å². The van der Waals surface area contributed by atoms with E-state index < -0.39 is 0 Å². The molecule has 76 valence electrons. The minimum Gasteiger partial charge on any atom is -0.393 e. The zero-order valence-electron chi connectivity index (χ0n) is 8.69. The molecule has 1 N–H and O–H groups in total. The quantitative estimate of drug-likeness (QED) is 0.774. The Labute approximate surface area is 85.8 Å². The molecule has 1 nitrogen and oxygen atoms in total. The molecule has 0 aromatic heterocycles. The van der Waals surface area contributed by atoms with Crippen molar-refractivity contribution in [2.45, 2.75) is 32.3 Å². The smallest absolute Gasteiger partial charge is 0.0543 e. The Morgan fingerprint density at radius 1 is 1.36 bits per heavy atom. The Kier molecular flexibility index (Phi) is 2.87. The molecule has 1 saturated carbocycles. The van der Waals surface area contributed by atoms with E-state index in [2.05, 4.69) is 30.3 Å². The molecule has 14 heavy (non-hydrogen) atoms. The van der Waals surface area contributed by atoms with Gasteiger partial charge in [-0.05, 0) is 43.6 Å². The van der Waals surface area contributed by atoms with Crippen LogP contribution >= 0.6 is 0 Å². The highest BCUT2D eigenvalue weighted by molar-refractivity contribution is 5.15. The number of rotatable bonds is 4. The second kappa shape index (κ2) is 4.14. The summed E-state index contributed by atoms with van der Waals surface area (Å²) in [6.07, 6.45) is 3.52. The first kappa shape index (κ1) is 9.72. The van der Waals surface area contributed by atoms with Crippen molar-refractivity contribution in [3.05, 3.63) is 35.9 Å². The van der Waals surface area contributed by atoms with Crippen molar-refractivity contribution in [3.63, 3.8) is 0 Å². The van der Waals surface area contributed by atoms with E-state index in [-0.39, 0.29) is 6.10 Å². The van der Waals surface area contributed by atoms with Crippen molar-refractivity contribution >= 4 is 0 Å². The second-order valence-electron chi connectivity index (χ2n) is 4.42. The summed E-state index contributed by atoms with van der Waals surface area (Å²) in [5.41, 5.74) is 1.42. The summed E-state index contributed by atoms with van der Waals surface area (Å²) in [4.78, 5) is 0. The molecule has 0 radical (unpaired) electrons. The molecule has 0 amide bonds. The predicted octanol–water partition coefficient (Wildman–Crippen LogP) is 2.64. The Hall–Kier alpha value is -0.820. The molecule has 0 bridgehead atoms. The van der Waals surface area contributed by atoms with Crippen molar-refractivity contribution in [1.29, 1.82) is 0 Å². The van der Waals surface area contributed by atoms with E-state index in [1.807, 2.05) is 6.92 Å². The molecule has 1 fully saturated rings. The van der Waals surface area contributed by atoms with Gasteiger partial charge in [0.1, 0.15) is 0 Å². The Morgan fingerprint density at radius 3 is 2.64 bits per heavy atom. The third-order valence-corrected chi connectivity index (χ3v) is 3.24. The molecular formula is C13H18O. The van der Waals surface area contributed by atoms with E-state index >= 15 is 0 Å². The average Bonchev–Trinajstić information content (AvgIpc) is 2.96. The minimum absolute atomic E-state index is 0.101. The van der Waals surface area contributed by atoms with Crippen LogP contribution in [0.25, 0.3) is 0 Å². The van der Waals surface area contributed by atoms with Crippen molar-refractivity contribution in [2.24, 2.45) is 11.8 Å². The highest BCUT2D eigenvalue weighted by Crippen LogP contribution is 2.44. The maximum atomic E-state index is 9.36. The number of hydrogen-bond acceptors (Lipinski definition) is 1. The van der Waals surface area contributed by atoms with E-state index in [1.54, 1.807) is 0 Å². The first-order valence-corrected chi connectivity index (χ1v) is 5.49. The second-order valence-corrected chi connectivity index (χ2v) is 4.42. The van der Waals surface area contributed by atoms with Gasteiger partial charge in [0.15, 0.2) is 0 Å². The fraction of sp³-hybridized carbons (Fsp3) is 0.538. The number of aliphatic hydroxyl groups is 1. The number of aryl methyl sites for hydroxylation is 1. The lowest BCUT2D eigenvalue weighted by Gasteiger charge is -2.03. The van der Waals surface area contributed by atoms with Crippen LogP contribution in [0.5, 0.6) is 0 Å². The monoisotopic (exact) mass is 190 g/mol. The van der Waals surface area contributed by atoms with Gasteiger partial charge in [-0.1, -0.05) is 30.3 Å². The largest absolute Gasteiger partial charge is 0.393 e. The van der Waals surface area contributed by atoms with Crippen LogP contribution in [0.15, 0.2) is 30.3 Å². The maximum Gasteiger partial charge on any atom is 0.0543 e. The Bertz CT molecular complexity index is 279. The molecule has 1 aromatic carbocycles. The van der Waals surface area contributed by atoms with Crippen LogP contribution in [-0.4, -0.2) is 11.2 Å². The SMILES string of the molecule is C[C@H](O)[C@@H]1C[C@@H]1CCc1ccccc1. The van der Waals surface area contributed by atoms with Crippen LogP contribution in [0.4, 0.5) is 0 Å². The lowest BCUT2D eigenvalue weighted by Crippen LogP contribution is -2.04. The van der Waals surface area contributed by atoms with E-state index in [4.69, 9.17) is 0 Å². The molecule has 0 unspecified atom stereocenters. The van der Waals surface area contributed by atoms with Gasteiger partial charge in [0.2, 0.25) is 0 Å². The molecule has 2 rings (SSSR count). The van der Waals surface area contributed by atoms with Crippen LogP contribution in [0.3, 0.4) is 0 Å². The zero-order valence-corrected chi connectivity index (χ0v) is 8.69. The first-order chi connectivity index (χ1) is 6.77. The zero-order chi connectivity index (χ0) is 9.97. The Morgan fingerprint density at radius 2 is 2.07 bits per heavy atom. The molecule has 1 aliphatic rings. The van der Waals surface area contributed by atoms with Gasteiger partial charge in [0.25, 0.3) is 0 Å². The number of aliphatic hydroxyl groups excluding tert-OH is 1. The van der Waals surface area contributed by atoms with Crippen LogP contribution in [0.1, 0.15) is 25.3 Å². The topological polar surface area (TPSA) is 20.2 Å². The first-order valence-electron chi connectivity index (χ1n) is 5.49. The summed E-state index contributed by atoms with van der Waals surface area (Å²) < 4.78 is 0. The summed E-state index contributed by atoms with van der Waals surface area (Å²) in [5, 5.41) is 9.36. The van der Waals surface area contributed by atoms with Gasteiger partial charge in [-0.2, -0.15) is 0 Å². The number of benzene rings is 1. The maximum absolute atomic E-state index is 9.36. The van der Waals surface area contributed by atoms with Gasteiger partial charge in [-0.15, -0.1) is 0 Å². The molecule has 0 aliphatic heterocycles. The van der Waals surface area contributed by atoms with Crippen LogP contribution < -0.4 is 0 Å². The summed E-state index contributed by atoms with van der Waals surface area (Å²) in [6.45, 7) is 1.91. The third kappa shape index (κ3) is 2.36. The molecule has 0 saturated heterocycles. The van der Waals surface area contributed by atoms with Gasteiger partial charge in [0, 0.05) is 0 Å². The van der Waals surface area contributed by atoms with Gasteiger partial charge in [-0.25, -0.2) is 0 Å². The lowest BCUT2D eigenvalue weighted by atomic mass is 10.1. The standard InChI is InChI=1S/C13H18O/c1-10(14)13-9-12(13)8-7-11-5-3-2-4-6-11/h2-6,10,12-14H,7-9H2,1H3/t10-,12-,13-/m0/s1. The number of hydrogen-bond donors (Lipinski definition) is 1. The van der Waals surface area contributed by atoms with Crippen molar-refractivity contribution < 1.29 is 5.11 Å². The normalized spacial score (nSPS) is 27.3. The molecule has 1 heteroatoms. The van der Waals surface area contributed by atoms with E-state index in [0.29, 0.717) is 5.92 Å². The van der Waals surface area contributed by atoms with Gasteiger partial charge in [-0.3, -0.25) is 0 Å². The van der Waals surface area contributed by atoms with Crippen molar-refractivity contribution in [1.82, 2.24) is 0 Å². The highest BCUT2D eigenvalue weighted by Gasteiger charge is 2.39. The Balaban J connectivity index is 1.75. The third-order valence-electron chi connectivity index (χ3n) is 3.24. The van der Waals surface area contributed by atoms with Crippen LogP contribution in [0, 0.1) is 11.8 Å². The molecule has 1 aromatic rings. The molecule has 3 atom stereocenters. The minimum atomic E-state index is -0.101. The van der Waals surface area contributed by atoms with Gasteiger partial charge >= 0.3 is 0 Å². The van der Waals surface area contributed by atoms with Crippen LogP contribution in [0.2, 0.25) is 0 Å². The van der Waals surface area contributed by atoms with E-state index in [9.17, 15) is 5.11 Å². The molecule has 0 heterocycles. The van der Waals surface area contributed by atoms with E-state index in [1.165, 1.54) is 18.4 Å². The van der Waals surface area contributed by atoms with Crippen molar-refractivity contribution in [2.75, 3.05) is 0 Å². The summed E-state index contributed by atoms with van der Waals surface area (Å²) in [6, 6.07) is 10.6. The van der Waals surface area contributed by atoms with Crippen molar-refractivity contribution in [3.8, 4) is 0 Å². The lowest BCUT2D eigenvalue weighted by molar-refractivity contribution is 0.163. The molecular weight excluding hydrogens is 172 g/mol. The van der Waals surface area contributed by atoms with Gasteiger partial charge in [0.05, 0.1) is 6.10 Å². The van der Waals surface area contributed by atoms with Crippen LogP contribution in [-0.2, 0) is 6.42 Å². The fourth-order valence-corrected chi connectivity index (χ4v) is 2.19. The molecule has 1 aliphatic carbocycles. The predicted molar refractivity (Wildman–Crippen MR) is 58.0 cm³/mol. The summed E-state index contributed by atoms with van der Waals surface area (Å²) in [5.74, 6) is 1.36. The molecule has 0 spiro atoms. The summed E-state index contributed by atoms with van der Waals surface area (Å²) >= 11 is 0. The van der Waals surface area contributed by atoms with Gasteiger partial charge < -0.3 is 5.11 Å². The highest BCUT2D eigenvalue weighted by atomic mass is 16.3. The fourth-order valence-electron chi connectivity index (χ4n) is 2.19. The average molecular weight is 190 g/mol.